The molecule has 3 aliphatic carbocycles. The van der Waals surface area contributed by atoms with E-state index in [1.54, 1.807) is 27.9 Å². The highest BCUT2D eigenvalue weighted by Crippen LogP contribution is 2.75. The van der Waals surface area contributed by atoms with Gasteiger partial charge in [-0.25, -0.2) is 9.59 Å². The molecule has 1 aromatic carbocycles. The Bertz CT molecular complexity index is 686. The van der Waals surface area contributed by atoms with Gasteiger partial charge >= 0.3 is 12.1 Å². The second-order valence-corrected chi connectivity index (χ2v) is 8.32. The first-order chi connectivity index (χ1) is 11.6. The SMILES string of the molecule is COc1cccc(C23CC(C(NC(=O)OC(C)(C)C)C(=O)O)(C2)C3)c1. The minimum atomic E-state index is -1.01. The van der Waals surface area contributed by atoms with Gasteiger partial charge in [-0.1, -0.05) is 12.1 Å². The lowest BCUT2D eigenvalue weighted by Crippen LogP contribution is -2.73. The van der Waals surface area contributed by atoms with E-state index >= 15 is 0 Å². The minimum Gasteiger partial charge on any atom is -0.497 e. The zero-order valence-electron chi connectivity index (χ0n) is 15.1. The number of carboxylic acids is 1. The van der Waals surface area contributed by atoms with Crippen LogP contribution in [0.1, 0.15) is 45.6 Å². The molecule has 2 bridgehead atoms. The molecule has 1 atom stereocenters. The zero-order valence-corrected chi connectivity index (χ0v) is 15.1. The van der Waals surface area contributed by atoms with Crippen molar-refractivity contribution in [2.24, 2.45) is 5.41 Å². The van der Waals surface area contributed by atoms with Crippen molar-refractivity contribution in [1.29, 1.82) is 0 Å². The van der Waals surface area contributed by atoms with Crippen LogP contribution in [0.4, 0.5) is 4.79 Å². The largest absolute Gasteiger partial charge is 0.497 e. The highest BCUT2D eigenvalue weighted by molar-refractivity contribution is 5.82. The maximum absolute atomic E-state index is 12.0. The molecule has 1 unspecified atom stereocenters. The lowest BCUT2D eigenvalue weighted by atomic mass is 9.31. The number of aliphatic carboxylic acids is 1. The van der Waals surface area contributed by atoms with E-state index in [0.29, 0.717) is 0 Å². The number of amides is 1. The molecule has 6 heteroatoms. The first-order valence-electron chi connectivity index (χ1n) is 8.46. The van der Waals surface area contributed by atoms with E-state index in [2.05, 4.69) is 11.4 Å². The van der Waals surface area contributed by atoms with Crippen LogP contribution in [0.25, 0.3) is 0 Å². The van der Waals surface area contributed by atoms with Crippen molar-refractivity contribution in [3.63, 3.8) is 0 Å². The van der Waals surface area contributed by atoms with Crippen molar-refractivity contribution in [3.05, 3.63) is 29.8 Å². The molecule has 25 heavy (non-hydrogen) atoms. The van der Waals surface area contributed by atoms with E-state index in [4.69, 9.17) is 9.47 Å². The summed E-state index contributed by atoms with van der Waals surface area (Å²) in [4.78, 5) is 23.7. The number of hydrogen-bond donors (Lipinski definition) is 2. The highest BCUT2D eigenvalue weighted by atomic mass is 16.6. The van der Waals surface area contributed by atoms with Crippen LogP contribution in [-0.4, -0.2) is 35.9 Å². The molecule has 4 rings (SSSR count). The van der Waals surface area contributed by atoms with Crippen molar-refractivity contribution < 1.29 is 24.2 Å². The van der Waals surface area contributed by atoms with Gasteiger partial charge in [0.1, 0.15) is 17.4 Å². The minimum absolute atomic E-state index is 0.0118. The average molecular weight is 347 g/mol. The van der Waals surface area contributed by atoms with Crippen molar-refractivity contribution >= 4 is 12.1 Å². The van der Waals surface area contributed by atoms with Crippen LogP contribution in [-0.2, 0) is 14.9 Å². The maximum Gasteiger partial charge on any atom is 0.408 e. The van der Waals surface area contributed by atoms with Gasteiger partial charge in [-0.15, -0.1) is 0 Å². The van der Waals surface area contributed by atoms with Crippen LogP contribution >= 0.6 is 0 Å². The maximum atomic E-state index is 12.0. The number of nitrogens with one attached hydrogen (secondary N) is 1. The Morgan fingerprint density at radius 3 is 2.40 bits per heavy atom. The molecule has 0 spiro atoms. The Kier molecular flexibility index (Phi) is 3.97. The van der Waals surface area contributed by atoms with Crippen molar-refractivity contribution in [3.8, 4) is 5.75 Å². The normalized spacial score (nSPS) is 28.2. The predicted octanol–water partition coefficient (Wildman–Crippen LogP) is 3.09. The number of alkyl carbamates (subject to hydrolysis) is 1. The number of carbonyl (C=O) groups is 2. The van der Waals surface area contributed by atoms with Crippen molar-refractivity contribution in [2.45, 2.75) is 57.1 Å². The van der Waals surface area contributed by atoms with Gasteiger partial charge in [0.05, 0.1) is 7.11 Å². The third-order valence-corrected chi connectivity index (χ3v) is 5.27. The van der Waals surface area contributed by atoms with Crippen molar-refractivity contribution in [1.82, 2.24) is 5.32 Å². The molecule has 3 saturated carbocycles. The molecular weight excluding hydrogens is 322 g/mol. The third kappa shape index (κ3) is 3.05. The zero-order chi connectivity index (χ0) is 18.5. The lowest BCUT2D eigenvalue weighted by Gasteiger charge is -2.72. The van der Waals surface area contributed by atoms with Gasteiger partial charge in [0, 0.05) is 5.41 Å². The summed E-state index contributed by atoms with van der Waals surface area (Å²) in [5.74, 6) is -0.206. The molecule has 136 valence electrons. The van der Waals surface area contributed by atoms with Crippen LogP contribution in [0.5, 0.6) is 5.75 Å². The molecule has 0 aromatic heterocycles. The van der Waals surface area contributed by atoms with E-state index in [9.17, 15) is 14.7 Å². The van der Waals surface area contributed by atoms with E-state index < -0.39 is 23.7 Å². The average Bonchev–Trinajstić information content (AvgIpc) is 2.41. The van der Waals surface area contributed by atoms with Gasteiger partial charge in [-0.2, -0.15) is 0 Å². The molecule has 6 nitrogen and oxygen atoms in total. The van der Waals surface area contributed by atoms with Crippen LogP contribution in [0.2, 0.25) is 0 Å². The molecule has 2 N–H and O–H groups in total. The Morgan fingerprint density at radius 1 is 1.24 bits per heavy atom. The number of benzene rings is 1. The van der Waals surface area contributed by atoms with Crippen LogP contribution in [0, 0.1) is 5.41 Å². The van der Waals surface area contributed by atoms with Gasteiger partial charge in [-0.3, -0.25) is 0 Å². The first-order valence-corrected chi connectivity index (χ1v) is 8.46. The number of hydrogen-bond acceptors (Lipinski definition) is 4. The van der Waals surface area contributed by atoms with Crippen LogP contribution in [0.3, 0.4) is 0 Å². The molecule has 0 radical (unpaired) electrons. The summed E-state index contributed by atoms with van der Waals surface area (Å²) in [6.45, 7) is 5.25. The smallest absolute Gasteiger partial charge is 0.408 e. The standard InChI is InChI=1S/C19H25NO5/c1-17(2,3)25-16(23)20-14(15(21)22)19-9-18(10-19,11-19)12-6-5-7-13(8-12)24-4/h5-8,14H,9-11H2,1-4H3,(H,20,23)(H,21,22). The summed E-state index contributed by atoms with van der Waals surface area (Å²) in [7, 11) is 1.63. The summed E-state index contributed by atoms with van der Waals surface area (Å²) in [5, 5.41) is 12.2. The number of methoxy groups -OCH3 is 1. The highest BCUT2D eigenvalue weighted by Gasteiger charge is 2.72. The molecule has 0 aliphatic heterocycles. The monoisotopic (exact) mass is 347 g/mol. The molecule has 1 aromatic rings. The predicted molar refractivity (Wildman–Crippen MR) is 91.7 cm³/mol. The molecule has 0 saturated heterocycles. The summed E-state index contributed by atoms with van der Waals surface area (Å²) in [6.07, 6.45) is 1.57. The van der Waals surface area contributed by atoms with Gasteiger partial charge in [0.2, 0.25) is 0 Å². The quantitative estimate of drug-likeness (QED) is 0.855. The number of rotatable bonds is 5. The van der Waals surface area contributed by atoms with Gasteiger partial charge in [0.15, 0.2) is 0 Å². The van der Waals surface area contributed by atoms with Crippen molar-refractivity contribution in [2.75, 3.05) is 7.11 Å². The van der Waals surface area contributed by atoms with Gasteiger partial charge in [-0.05, 0) is 63.1 Å². The second kappa shape index (κ2) is 5.64. The molecule has 3 aliphatic rings. The van der Waals surface area contributed by atoms with E-state index in [1.165, 1.54) is 5.56 Å². The van der Waals surface area contributed by atoms with Gasteiger partial charge in [0.25, 0.3) is 0 Å². The number of carbonyl (C=O) groups excluding carboxylic acids is 1. The Morgan fingerprint density at radius 2 is 1.88 bits per heavy atom. The Hall–Kier alpha value is -2.24. The van der Waals surface area contributed by atoms with Crippen LogP contribution in [0.15, 0.2) is 24.3 Å². The summed E-state index contributed by atoms with van der Waals surface area (Å²) in [6, 6.07) is 7.00. The Labute approximate surface area is 147 Å². The molecule has 3 fully saturated rings. The van der Waals surface area contributed by atoms with E-state index in [-0.39, 0.29) is 10.8 Å². The Balaban J connectivity index is 1.69. The molecule has 0 heterocycles. The second-order valence-electron chi connectivity index (χ2n) is 8.32. The number of ether oxygens (including phenoxy) is 2. The van der Waals surface area contributed by atoms with Gasteiger partial charge < -0.3 is 19.9 Å². The van der Waals surface area contributed by atoms with E-state index in [0.717, 1.165) is 25.0 Å². The number of carboxylic acid groups (broad SMARTS) is 1. The third-order valence-electron chi connectivity index (χ3n) is 5.27. The fourth-order valence-corrected chi connectivity index (χ4v) is 4.33. The van der Waals surface area contributed by atoms with E-state index in [1.807, 2.05) is 18.2 Å². The summed E-state index contributed by atoms with van der Waals surface area (Å²) >= 11 is 0. The molecular formula is C19H25NO5. The fourth-order valence-electron chi connectivity index (χ4n) is 4.33. The fraction of sp³-hybridized carbons (Fsp3) is 0.579. The topological polar surface area (TPSA) is 84.9 Å². The first kappa shape index (κ1) is 17.6. The van der Waals surface area contributed by atoms with Crippen LogP contribution < -0.4 is 10.1 Å². The molecule has 1 amide bonds. The summed E-state index contributed by atoms with van der Waals surface area (Å²) < 4.78 is 10.5. The summed E-state index contributed by atoms with van der Waals surface area (Å²) in [5.41, 5.74) is 0.146. The lowest BCUT2D eigenvalue weighted by molar-refractivity contribution is -0.183.